The first-order chi connectivity index (χ1) is 8.18. The van der Waals surface area contributed by atoms with Crippen molar-refractivity contribution in [2.24, 2.45) is 5.92 Å². The van der Waals surface area contributed by atoms with E-state index < -0.39 is 5.82 Å². The minimum atomic E-state index is -0.495. The summed E-state index contributed by atoms with van der Waals surface area (Å²) < 4.78 is 14.0. The number of amides is 1. The summed E-state index contributed by atoms with van der Waals surface area (Å²) in [6.45, 7) is 0.637. The monoisotopic (exact) mass is 317 g/mol. The molecule has 1 aromatic rings. The number of thioether (sulfide) groups is 1. The molecule has 2 rings (SSSR count). The van der Waals surface area contributed by atoms with Crippen molar-refractivity contribution in [3.8, 4) is 0 Å². The van der Waals surface area contributed by atoms with Gasteiger partial charge in [-0.1, -0.05) is 6.07 Å². The van der Waals surface area contributed by atoms with Gasteiger partial charge < -0.3 is 5.32 Å². The van der Waals surface area contributed by atoms with Crippen LogP contribution in [0.4, 0.5) is 4.39 Å². The lowest BCUT2D eigenvalue weighted by molar-refractivity contribution is 0.0944. The van der Waals surface area contributed by atoms with Crippen molar-refractivity contribution in [3.63, 3.8) is 0 Å². The Labute approximate surface area is 112 Å². The molecule has 0 bridgehead atoms. The minimum Gasteiger partial charge on any atom is -0.352 e. The second-order valence-corrected chi connectivity index (χ2v) is 6.05. The van der Waals surface area contributed by atoms with E-state index in [2.05, 4.69) is 21.2 Å². The van der Waals surface area contributed by atoms with E-state index in [-0.39, 0.29) is 11.5 Å². The Balaban J connectivity index is 1.97. The summed E-state index contributed by atoms with van der Waals surface area (Å²) in [5, 5.41) is 2.80. The van der Waals surface area contributed by atoms with Crippen LogP contribution in [-0.4, -0.2) is 24.0 Å². The average Bonchev–Trinajstić information content (AvgIpc) is 2.82. The molecule has 2 nitrogen and oxygen atoms in total. The number of carbonyl (C=O) groups excluding carboxylic acids is 1. The molecule has 92 valence electrons. The summed E-state index contributed by atoms with van der Waals surface area (Å²) in [5.74, 6) is 1.94. The molecule has 5 heteroatoms. The average molecular weight is 318 g/mol. The third-order valence-electron chi connectivity index (χ3n) is 2.77. The van der Waals surface area contributed by atoms with Gasteiger partial charge in [0.2, 0.25) is 0 Å². The highest BCUT2D eigenvalue weighted by molar-refractivity contribution is 9.10. The Hall–Kier alpha value is -0.550. The highest BCUT2D eigenvalue weighted by atomic mass is 79.9. The van der Waals surface area contributed by atoms with Crippen molar-refractivity contribution < 1.29 is 9.18 Å². The predicted octanol–water partition coefficient (Wildman–Crippen LogP) is 3.07. The van der Waals surface area contributed by atoms with E-state index >= 15 is 0 Å². The fourth-order valence-corrected chi connectivity index (χ4v) is 3.41. The van der Waals surface area contributed by atoms with Crippen molar-refractivity contribution in [1.82, 2.24) is 5.32 Å². The van der Waals surface area contributed by atoms with Crippen molar-refractivity contribution in [1.29, 1.82) is 0 Å². The lowest BCUT2D eigenvalue weighted by Gasteiger charge is -2.10. The molecule has 1 unspecified atom stereocenters. The van der Waals surface area contributed by atoms with E-state index in [1.165, 1.54) is 6.07 Å². The Kier molecular flexibility index (Phi) is 4.45. The molecule has 1 aliphatic heterocycles. The van der Waals surface area contributed by atoms with E-state index in [1.54, 1.807) is 12.1 Å². The smallest absolute Gasteiger partial charge is 0.254 e. The number of halogens is 2. The van der Waals surface area contributed by atoms with Crippen molar-refractivity contribution in [2.75, 3.05) is 18.1 Å². The van der Waals surface area contributed by atoms with E-state index in [0.29, 0.717) is 16.9 Å². The molecule has 1 fully saturated rings. The number of benzene rings is 1. The molecule has 1 aliphatic rings. The third kappa shape index (κ3) is 3.22. The van der Waals surface area contributed by atoms with Gasteiger partial charge in [0.25, 0.3) is 5.91 Å². The van der Waals surface area contributed by atoms with Crippen molar-refractivity contribution in [3.05, 3.63) is 34.1 Å². The van der Waals surface area contributed by atoms with Gasteiger partial charge in [0.15, 0.2) is 0 Å². The molecule has 1 amide bonds. The summed E-state index contributed by atoms with van der Waals surface area (Å²) >= 11 is 4.98. The number of hydrogen-bond donors (Lipinski definition) is 1. The summed E-state index contributed by atoms with van der Waals surface area (Å²) in [7, 11) is 0. The summed E-state index contributed by atoms with van der Waals surface area (Å²) in [6, 6.07) is 4.74. The van der Waals surface area contributed by atoms with Gasteiger partial charge in [-0.25, -0.2) is 4.39 Å². The van der Waals surface area contributed by atoms with Gasteiger partial charge in [0.1, 0.15) is 5.82 Å². The van der Waals surface area contributed by atoms with Crippen LogP contribution in [0.1, 0.15) is 16.8 Å². The van der Waals surface area contributed by atoms with Crippen LogP contribution in [0.5, 0.6) is 0 Å². The third-order valence-corrected chi connectivity index (χ3v) is 4.62. The van der Waals surface area contributed by atoms with Crippen LogP contribution < -0.4 is 5.32 Å². The maximum Gasteiger partial charge on any atom is 0.254 e. The maximum atomic E-state index is 13.6. The van der Waals surface area contributed by atoms with E-state index in [1.807, 2.05) is 11.8 Å². The zero-order chi connectivity index (χ0) is 12.3. The first kappa shape index (κ1) is 12.9. The highest BCUT2D eigenvalue weighted by Crippen LogP contribution is 2.23. The first-order valence-electron chi connectivity index (χ1n) is 5.48. The molecular formula is C12H13BrFNOS. The molecule has 1 N–H and O–H groups in total. The number of nitrogens with one attached hydrogen (secondary N) is 1. The molecule has 1 saturated heterocycles. The molecule has 1 aromatic carbocycles. The van der Waals surface area contributed by atoms with Crippen LogP contribution in [0.15, 0.2) is 22.7 Å². The number of hydrogen-bond acceptors (Lipinski definition) is 2. The normalized spacial score (nSPS) is 19.3. The van der Waals surface area contributed by atoms with Crippen LogP contribution in [0.2, 0.25) is 0 Å². The van der Waals surface area contributed by atoms with Crippen LogP contribution in [-0.2, 0) is 0 Å². The number of carbonyl (C=O) groups is 1. The van der Waals surface area contributed by atoms with Gasteiger partial charge in [-0.2, -0.15) is 11.8 Å². The van der Waals surface area contributed by atoms with Gasteiger partial charge in [-0.15, -0.1) is 0 Å². The molecule has 0 saturated carbocycles. The molecule has 1 atom stereocenters. The topological polar surface area (TPSA) is 29.1 Å². The molecule has 0 spiro atoms. The molecule has 1 heterocycles. The SMILES string of the molecule is O=C(NCC1CCSC1)c1cccc(Br)c1F. The standard InChI is InChI=1S/C12H13BrFNOS/c13-10-3-1-2-9(11(10)14)12(16)15-6-8-4-5-17-7-8/h1-3,8H,4-7H2,(H,15,16). The molecule has 0 aromatic heterocycles. The lowest BCUT2D eigenvalue weighted by atomic mass is 10.1. The summed E-state index contributed by atoms with van der Waals surface area (Å²) in [6.07, 6.45) is 1.13. The van der Waals surface area contributed by atoms with Gasteiger partial charge >= 0.3 is 0 Å². The number of rotatable bonds is 3. The Bertz CT molecular complexity index is 421. The van der Waals surface area contributed by atoms with Crippen molar-refractivity contribution in [2.45, 2.75) is 6.42 Å². The Morgan fingerprint density at radius 2 is 2.41 bits per heavy atom. The maximum absolute atomic E-state index is 13.6. The second-order valence-electron chi connectivity index (χ2n) is 4.04. The zero-order valence-electron chi connectivity index (χ0n) is 9.21. The van der Waals surface area contributed by atoms with Gasteiger partial charge in [0, 0.05) is 6.54 Å². The van der Waals surface area contributed by atoms with Crippen LogP contribution in [0, 0.1) is 11.7 Å². The van der Waals surface area contributed by atoms with Crippen molar-refractivity contribution >= 4 is 33.6 Å². The second kappa shape index (κ2) is 5.87. The van der Waals surface area contributed by atoms with E-state index in [4.69, 9.17) is 0 Å². The summed E-state index contributed by atoms with van der Waals surface area (Å²) in [5.41, 5.74) is 0.102. The minimum absolute atomic E-state index is 0.102. The van der Waals surface area contributed by atoms with Gasteiger partial charge in [-0.05, 0) is 51.9 Å². The zero-order valence-corrected chi connectivity index (χ0v) is 11.6. The molecule has 17 heavy (non-hydrogen) atoms. The quantitative estimate of drug-likeness (QED) is 0.928. The van der Waals surface area contributed by atoms with Crippen LogP contribution >= 0.6 is 27.7 Å². The first-order valence-corrected chi connectivity index (χ1v) is 7.43. The molecule has 0 radical (unpaired) electrons. The van der Waals surface area contributed by atoms with E-state index in [9.17, 15) is 9.18 Å². The Morgan fingerprint density at radius 1 is 1.59 bits per heavy atom. The fraction of sp³-hybridized carbons (Fsp3) is 0.417. The predicted molar refractivity (Wildman–Crippen MR) is 71.9 cm³/mol. The summed E-state index contributed by atoms with van der Waals surface area (Å²) in [4.78, 5) is 11.8. The van der Waals surface area contributed by atoms with E-state index in [0.717, 1.165) is 17.9 Å². The fourth-order valence-electron chi connectivity index (χ4n) is 1.76. The van der Waals surface area contributed by atoms with Gasteiger partial charge in [-0.3, -0.25) is 4.79 Å². The highest BCUT2D eigenvalue weighted by Gasteiger charge is 2.18. The molecule has 0 aliphatic carbocycles. The van der Waals surface area contributed by atoms with Crippen LogP contribution in [0.25, 0.3) is 0 Å². The van der Waals surface area contributed by atoms with Crippen LogP contribution in [0.3, 0.4) is 0 Å². The lowest BCUT2D eigenvalue weighted by Crippen LogP contribution is -2.29. The molecular weight excluding hydrogens is 305 g/mol. The Morgan fingerprint density at radius 3 is 3.12 bits per heavy atom. The van der Waals surface area contributed by atoms with Gasteiger partial charge in [0.05, 0.1) is 10.0 Å². The largest absolute Gasteiger partial charge is 0.352 e.